The van der Waals surface area contributed by atoms with Crippen LogP contribution in [-0.4, -0.2) is 28.0 Å². The summed E-state index contributed by atoms with van der Waals surface area (Å²) in [5.41, 5.74) is 0. The van der Waals surface area contributed by atoms with Gasteiger partial charge in [0.25, 0.3) is 0 Å². The Labute approximate surface area is 94.4 Å². The lowest BCUT2D eigenvalue weighted by Crippen LogP contribution is -2.44. The van der Waals surface area contributed by atoms with Crippen LogP contribution >= 0.6 is 31.9 Å². The Morgan fingerprint density at radius 1 is 1.54 bits per heavy atom. The number of carbonyl (C=O) groups is 1. The highest BCUT2D eigenvalue weighted by Crippen LogP contribution is 2.30. The molecule has 1 aliphatic rings. The van der Waals surface area contributed by atoms with Crippen LogP contribution in [0.15, 0.2) is 0 Å². The zero-order valence-electron chi connectivity index (χ0n) is 7.50. The number of ether oxygens (including phenoxy) is 2. The molecule has 1 fully saturated rings. The second kappa shape index (κ2) is 4.75. The SMILES string of the molecule is CC(=O)OC1C(Br)CC(Br)OC1C. The van der Waals surface area contributed by atoms with E-state index < -0.39 is 0 Å². The summed E-state index contributed by atoms with van der Waals surface area (Å²) in [6.45, 7) is 3.31. The first-order valence-corrected chi connectivity index (χ1v) is 5.94. The number of alkyl halides is 2. The van der Waals surface area contributed by atoms with E-state index in [1.165, 1.54) is 6.92 Å². The topological polar surface area (TPSA) is 35.5 Å². The van der Waals surface area contributed by atoms with Crippen LogP contribution in [0.4, 0.5) is 0 Å². The zero-order valence-corrected chi connectivity index (χ0v) is 10.7. The van der Waals surface area contributed by atoms with Gasteiger partial charge < -0.3 is 9.47 Å². The Kier molecular flexibility index (Phi) is 4.19. The maximum absolute atomic E-state index is 10.8. The van der Waals surface area contributed by atoms with Gasteiger partial charge in [0.1, 0.15) is 11.1 Å². The van der Waals surface area contributed by atoms with E-state index in [0.29, 0.717) is 0 Å². The summed E-state index contributed by atoms with van der Waals surface area (Å²) in [6, 6.07) is 0. The number of halogens is 2. The first-order valence-electron chi connectivity index (χ1n) is 4.11. The summed E-state index contributed by atoms with van der Waals surface area (Å²) < 4.78 is 10.6. The molecule has 1 saturated heterocycles. The fourth-order valence-corrected chi connectivity index (χ4v) is 3.45. The zero-order chi connectivity index (χ0) is 10.0. The Hall–Kier alpha value is 0.390. The molecule has 0 amide bonds. The van der Waals surface area contributed by atoms with Crippen molar-refractivity contribution in [2.75, 3.05) is 0 Å². The molecule has 4 unspecified atom stereocenters. The Bertz CT molecular complexity index is 186. The molecule has 0 spiro atoms. The van der Waals surface area contributed by atoms with Crippen LogP contribution in [0.25, 0.3) is 0 Å². The van der Waals surface area contributed by atoms with E-state index >= 15 is 0 Å². The highest BCUT2D eigenvalue weighted by Gasteiger charge is 2.36. The number of hydrogen-bond acceptors (Lipinski definition) is 3. The standard InChI is InChI=1S/C8H12Br2O3/c1-4-8(13-5(2)11)6(9)3-7(10)12-4/h4,6-8H,3H2,1-2H3. The van der Waals surface area contributed by atoms with E-state index in [9.17, 15) is 4.79 Å². The molecule has 0 aromatic carbocycles. The maximum atomic E-state index is 10.8. The van der Waals surface area contributed by atoms with E-state index in [2.05, 4.69) is 31.9 Å². The minimum absolute atomic E-state index is 0.0404. The number of rotatable bonds is 1. The van der Waals surface area contributed by atoms with E-state index in [1.54, 1.807) is 0 Å². The van der Waals surface area contributed by atoms with Crippen molar-refractivity contribution in [2.24, 2.45) is 0 Å². The second-order valence-corrected chi connectivity index (χ2v) is 5.27. The van der Waals surface area contributed by atoms with Gasteiger partial charge in [-0.3, -0.25) is 4.79 Å². The number of carbonyl (C=O) groups excluding carboxylic acids is 1. The third-order valence-electron chi connectivity index (χ3n) is 1.89. The van der Waals surface area contributed by atoms with Crippen LogP contribution in [0.2, 0.25) is 0 Å². The molecule has 13 heavy (non-hydrogen) atoms. The highest BCUT2D eigenvalue weighted by molar-refractivity contribution is 9.10. The second-order valence-electron chi connectivity index (χ2n) is 3.08. The van der Waals surface area contributed by atoms with Crippen molar-refractivity contribution >= 4 is 37.8 Å². The Balaban J connectivity index is 2.56. The van der Waals surface area contributed by atoms with Crippen LogP contribution in [0.3, 0.4) is 0 Å². The summed E-state index contributed by atoms with van der Waals surface area (Å²) in [6.07, 6.45) is 0.528. The molecule has 1 rings (SSSR count). The maximum Gasteiger partial charge on any atom is 0.303 e. The molecule has 0 N–H and O–H groups in total. The predicted molar refractivity (Wildman–Crippen MR) is 56.1 cm³/mol. The average molecular weight is 316 g/mol. The molecule has 0 aromatic heterocycles. The van der Waals surface area contributed by atoms with Crippen molar-refractivity contribution in [3.8, 4) is 0 Å². The fraction of sp³-hybridized carbons (Fsp3) is 0.875. The van der Waals surface area contributed by atoms with Gasteiger partial charge in [-0.2, -0.15) is 0 Å². The lowest BCUT2D eigenvalue weighted by atomic mass is 10.1. The molecule has 3 nitrogen and oxygen atoms in total. The van der Waals surface area contributed by atoms with E-state index in [4.69, 9.17) is 9.47 Å². The van der Waals surface area contributed by atoms with Crippen LogP contribution in [-0.2, 0) is 14.3 Å². The van der Waals surface area contributed by atoms with Gasteiger partial charge in [0.15, 0.2) is 0 Å². The van der Waals surface area contributed by atoms with Gasteiger partial charge in [-0.15, -0.1) is 0 Å². The van der Waals surface area contributed by atoms with Gasteiger partial charge in [0, 0.05) is 6.92 Å². The Morgan fingerprint density at radius 2 is 2.15 bits per heavy atom. The lowest BCUT2D eigenvalue weighted by Gasteiger charge is -2.35. The van der Waals surface area contributed by atoms with Crippen LogP contribution < -0.4 is 0 Å². The first-order chi connectivity index (χ1) is 6.00. The van der Waals surface area contributed by atoms with Crippen LogP contribution in [0.1, 0.15) is 20.3 Å². The van der Waals surface area contributed by atoms with Crippen LogP contribution in [0.5, 0.6) is 0 Å². The lowest BCUT2D eigenvalue weighted by molar-refractivity contribution is -0.159. The van der Waals surface area contributed by atoms with Gasteiger partial charge in [-0.1, -0.05) is 31.9 Å². The van der Waals surface area contributed by atoms with Crippen molar-refractivity contribution in [3.05, 3.63) is 0 Å². The minimum atomic E-state index is -0.266. The van der Waals surface area contributed by atoms with E-state index in [0.717, 1.165) is 6.42 Å². The van der Waals surface area contributed by atoms with Crippen molar-refractivity contribution in [3.63, 3.8) is 0 Å². The quantitative estimate of drug-likeness (QED) is 0.550. The minimum Gasteiger partial charge on any atom is -0.459 e. The van der Waals surface area contributed by atoms with Gasteiger partial charge in [0.2, 0.25) is 0 Å². The molecule has 5 heteroatoms. The molecule has 4 atom stereocenters. The molecule has 0 bridgehead atoms. The summed E-state index contributed by atoms with van der Waals surface area (Å²) in [7, 11) is 0. The Morgan fingerprint density at radius 3 is 2.62 bits per heavy atom. The predicted octanol–water partition coefficient (Wildman–Crippen LogP) is 2.21. The summed E-state index contributed by atoms with van der Waals surface area (Å²) in [4.78, 5) is 10.9. The smallest absolute Gasteiger partial charge is 0.303 e. The third kappa shape index (κ3) is 3.22. The van der Waals surface area contributed by atoms with Crippen molar-refractivity contribution < 1.29 is 14.3 Å². The number of hydrogen-bond donors (Lipinski definition) is 0. The molecule has 0 aliphatic carbocycles. The average Bonchev–Trinajstić information content (AvgIpc) is 1.96. The molecular weight excluding hydrogens is 304 g/mol. The van der Waals surface area contributed by atoms with Gasteiger partial charge in [0.05, 0.1) is 10.9 Å². The fourth-order valence-electron chi connectivity index (χ4n) is 1.33. The molecule has 1 heterocycles. The van der Waals surface area contributed by atoms with Crippen LogP contribution in [0, 0.1) is 0 Å². The van der Waals surface area contributed by atoms with Gasteiger partial charge in [-0.25, -0.2) is 0 Å². The van der Waals surface area contributed by atoms with E-state index in [-0.39, 0.29) is 28.0 Å². The molecule has 76 valence electrons. The molecular formula is C8H12Br2O3. The van der Waals surface area contributed by atoms with Crippen molar-refractivity contribution in [1.29, 1.82) is 0 Å². The highest BCUT2D eigenvalue weighted by atomic mass is 79.9. The van der Waals surface area contributed by atoms with Gasteiger partial charge >= 0.3 is 5.97 Å². The summed E-state index contributed by atoms with van der Waals surface area (Å²) in [5, 5.41) is 0.0404. The van der Waals surface area contributed by atoms with E-state index in [1.807, 2.05) is 6.92 Å². The monoisotopic (exact) mass is 314 g/mol. The first kappa shape index (κ1) is 11.5. The molecule has 1 aliphatic heterocycles. The largest absolute Gasteiger partial charge is 0.459 e. The van der Waals surface area contributed by atoms with Crippen molar-refractivity contribution in [1.82, 2.24) is 0 Å². The third-order valence-corrected chi connectivity index (χ3v) is 3.38. The molecule has 0 saturated carbocycles. The summed E-state index contributed by atoms with van der Waals surface area (Å²) in [5.74, 6) is -0.266. The molecule has 0 radical (unpaired) electrons. The number of esters is 1. The van der Waals surface area contributed by atoms with Gasteiger partial charge in [-0.05, 0) is 13.3 Å². The summed E-state index contributed by atoms with van der Waals surface area (Å²) >= 11 is 6.85. The van der Waals surface area contributed by atoms with Crippen molar-refractivity contribution in [2.45, 2.75) is 42.3 Å². The molecule has 0 aromatic rings. The normalized spacial score (nSPS) is 40.0.